The van der Waals surface area contributed by atoms with E-state index in [0.29, 0.717) is 23.3 Å². The Balaban J connectivity index is 1.70. The fraction of sp³-hybridized carbons (Fsp3) is 0.111. The highest BCUT2D eigenvalue weighted by molar-refractivity contribution is 6.33. The molecule has 204 valence electrons. The Kier molecular flexibility index (Phi) is 7.33. The third-order valence-electron chi connectivity index (χ3n) is 5.59. The maximum atomic E-state index is 15.0. The van der Waals surface area contributed by atoms with Gasteiger partial charge in [-0.2, -0.15) is 22.0 Å². The summed E-state index contributed by atoms with van der Waals surface area (Å²) in [6, 6.07) is 9.46. The normalized spacial score (nSPS) is 12.1. The van der Waals surface area contributed by atoms with Crippen LogP contribution in [-0.2, 0) is 12.3 Å². The number of rotatable bonds is 5. The van der Waals surface area contributed by atoms with Gasteiger partial charge in [-0.3, -0.25) is 0 Å². The number of ether oxygens (including phenoxy) is 1. The molecule has 0 aromatic heterocycles. The molecule has 0 heterocycles. The quantitative estimate of drug-likeness (QED) is 0.214. The largest absolute Gasteiger partial charge is 0.432 e. The van der Waals surface area contributed by atoms with Gasteiger partial charge < -0.3 is 4.74 Å². The standard InChI is InChI=1S/C27H13ClF10O/c1-12-2-4-13(5-3-12)14-6-17(28)23(18(29)7-14)15-8-19(30)25(20(31)9-15)27(37,38)39-16-10-21(32)24(22(33)11-16)26(34,35)36/h2-11H,1H3. The minimum Gasteiger partial charge on any atom is -0.429 e. The molecule has 0 amide bonds. The first-order valence-corrected chi connectivity index (χ1v) is 11.2. The highest BCUT2D eigenvalue weighted by atomic mass is 35.5. The molecule has 0 N–H and O–H groups in total. The van der Waals surface area contributed by atoms with E-state index in [4.69, 9.17) is 11.6 Å². The molecule has 0 aliphatic heterocycles. The number of halogens is 11. The second-order valence-electron chi connectivity index (χ2n) is 8.37. The number of benzene rings is 4. The van der Waals surface area contributed by atoms with Crippen LogP contribution in [0.1, 0.15) is 16.7 Å². The summed E-state index contributed by atoms with van der Waals surface area (Å²) >= 11 is 6.16. The molecule has 12 heteroatoms. The van der Waals surface area contributed by atoms with Crippen LogP contribution in [0.4, 0.5) is 43.9 Å². The summed E-state index contributed by atoms with van der Waals surface area (Å²) in [7, 11) is 0. The Labute approximate surface area is 219 Å². The van der Waals surface area contributed by atoms with Crippen LogP contribution in [0.5, 0.6) is 5.75 Å². The van der Waals surface area contributed by atoms with E-state index in [0.717, 1.165) is 11.6 Å². The average Bonchev–Trinajstić information content (AvgIpc) is 2.76. The van der Waals surface area contributed by atoms with Gasteiger partial charge in [0.15, 0.2) is 0 Å². The first-order valence-electron chi connectivity index (χ1n) is 10.8. The maximum absolute atomic E-state index is 15.0. The van der Waals surface area contributed by atoms with E-state index in [-0.39, 0.29) is 17.2 Å². The lowest BCUT2D eigenvalue weighted by Gasteiger charge is -2.21. The zero-order valence-corrected chi connectivity index (χ0v) is 20.1. The minimum atomic E-state index is -5.49. The molecule has 0 saturated carbocycles. The van der Waals surface area contributed by atoms with Gasteiger partial charge in [0.25, 0.3) is 0 Å². The van der Waals surface area contributed by atoms with Crippen LogP contribution in [-0.4, -0.2) is 0 Å². The average molecular weight is 579 g/mol. The van der Waals surface area contributed by atoms with E-state index in [1.807, 2.05) is 6.92 Å². The van der Waals surface area contributed by atoms with Crippen molar-refractivity contribution in [3.8, 4) is 28.0 Å². The molecule has 1 nitrogen and oxygen atoms in total. The fourth-order valence-electron chi connectivity index (χ4n) is 3.84. The topological polar surface area (TPSA) is 9.23 Å². The summed E-state index contributed by atoms with van der Waals surface area (Å²) in [5.41, 5.74) is -3.64. The molecular weight excluding hydrogens is 566 g/mol. The number of hydrogen-bond acceptors (Lipinski definition) is 1. The first kappa shape index (κ1) is 28.3. The van der Waals surface area contributed by atoms with Crippen LogP contribution >= 0.6 is 11.6 Å². The van der Waals surface area contributed by atoms with Crippen molar-refractivity contribution in [1.29, 1.82) is 0 Å². The fourth-order valence-corrected chi connectivity index (χ4v) is 4.15. The van der Waals surface area contributed by atoms with Gasteiger partial charge in [-0.05, 0) is 47.9 Å². The lowest BCUT2D eigenvalue weighted by Crippen LogP contribution is -2.25. The van der Waals surface area contributed by atoms with Crippen LogP contribution in [0, 0.1) is 36.0 Å². The van der Waals surface area contributed by atoms with Gasteiger partial charge in [0.2, 0.25) is 0 Å². The summed E-state index contributed by atoms with van der Waals surface area (Å²) in [6.45, 7) is 1.84. The molecule has 0 saturated heterocycles. The highest BCUT2D eigenvalue weighted by Gasteiger charge is 2.43. The Morgan fingerprint density at radius 2 is 1.08 bits per heavy atom. The maximum Gasteiger partial charge on any atom is 0.432 e. The molecular formula is C27H13ClF10O. The van der Waals surface area contributed by atoms with Crippen LogP contribution in [0.25, 0.3) is 22.3 Å². The van der Waals surface area contributed by atoms with Crippen molar-refractivity contribution in [2.45, 2.75) is 19.2 Å². The summed E-state index contributed by atoms with van der Waals surface area (Å²) in [4.78, 5) is 0. The van der Waals surface area contributed by atoms with Crippen LogP contribution in [0.2, 0.25) is 5.02 Å². The van der Waals surface area contributed by atoms with Crippen molar-refractivity contribution in [1.82, 2.24) is 0 Å². The number of alkyl halides is 5. The van der Waals surface area contributed by atoms with Crippen molar-refractivity contribution in [2.75, 3.05) is 0 Å². The Morgan fingerprint density at radius 1 is 0.590 bits per heavy atom. The Bertz CT molecular complexity index is 1490. The number of aryl methyl sites for hydroxylation is 1. The molecule has 4 aromatic rings. The predicted octanol–water partition coefficient (Wildman–Crippen LogP) is 9.83. The second kappa shape index (κ2) is 10.1. The zero-order valence-electron chi connectivity index (χ0n) is 19.3. The van der Waals surface area contributed by atoms with E-state index in [9.17, 15) is 43.9 Å². The molecule has 0 atom stereocenters. The zero-order chi connectivity index (χ0) is 28.9. The lowest BCUT2D eigenvalue weighted by atomic mass is 9.97. The van der Waals surface area contributed by atoms with Gasteiger partial charge in [-0.25, -0.2) is 22.0 Å². The smallest absolute Gasteiger partial charge is 0.429 e. The third kappa shape index (κ3) is 5.68. The van der Waals surface area contributed by atoms with Crippen LogP contribution in [0.15, 0.2) is 60.7 Å². The van der Waals surface area contributed by atoms with Gasteiger partial charge in [0.05, 0.1) is 5.02 Å². The number of hydrogen-bond donors (Lipinski definition) is 0. The molecule has 0 fully saturated rings. The molecule has 0 unspecified atom stereocenters. The Hall–Kier alpha value is -3.73. The molecule has 0 spiro atoms. The molecule has 0 aliphatic rings. The van der Waals surface area contributed by atoms with Gasteiger partial charge in [-0.15, -0.1) is 0 Å². The molecule has 4 aromatic carbocycles. The predicted molar refractivity (Wildman–Crippen MR) is 123 cm³/mol. The summed E-state index contributed by atoms with van der Waals surface area (Å²) in [5, 5.41) is -0.296. The van der Waals surface area contributed by atoms with E-state index >= 15 is 0 Å². The van der Waals surface area contributed by atoms with E-state index in [1.54, 1.807) is 24.3 Å². The highest BCUT2D eigenvalue weighted by Crippen LogP contribution is 2.41. The summed E-state index contributed by atoms with van der Waals surface area (Å²) in [6.07, 6.45) is -10.4. The molecule has 0 bridgehead atoms. The third-order valence-corrected chi connectivity index (χ3v) is 5.89. The van der Waals surface area contributed by atoms with E-state index in [1.165, 1.54) is 6.07 Å². The SMILES string of the molecule is Cc1ccc(-c2cc(F)c(-c3cc(F)c(C(F)(F)Oc4cc(F)c(C(F)(F)F)c(F)c4)c(F)c3)c(Cl)c2)cc1. The monoisotopic (exact) mass is 578 g/mol. The van der Waals surface area contributed by atoms with Crippen molar-refractivity contribution >= 4 is 11.6 Å². The van der Waals surface area contributed by atoms with E-state index in [2.05, 4.69) is 4.74 Å². The van der Waals surface area contributed by atoms with Gasteiger partial charge in [0.1, 0.15) is 46.0 Å². The van der Waals surface area contributed by atoms with Crippen LogP contribution in [0.3, 0.4) is 0 Å². The first-order chi connectivity index (χ1) is 18.1. The van der Waals surface area contributed by atoms with Crippen molar-refractivity contribution in [3.63, 3.8) is 0 Å². The van der Waals surface area contributed by atoms with Gasteiger partial charge >= 0.3 is 12.3 Å². The lowest BCUT2D eigenvalue weighted by molar-refractivity contribution is -0.189. The molecule has 0 aliphatic carbocycles. The molecule has 39 heavy (non-hydrogen) atoms. The van der Waals surface area contributed by atoms with Crippen LogP contribution < -0.4 is 4.74 Å². The van der Waals surface area contributed by atoms with Gasteiger partial charge in [-0.1, -0.05) is 41.4 Å². The summed E-state index contributed by atoms with van der Waals surface area (Å²) in [5.74, 6) is -11.0. The van der Waals surface area contributed by atoms with Crippen molar-refractivity contribution in [3.05, 3.63) is 111 Å². The van der Waals surface area contributed by atoms with Crippen molar-refractivity contribution < 1.29 is 48.6 Å². The minimum absolute atomic E-state index is 0.214. The van der Waals surface area contributed by atoms with Gasteiger partial charge in [0, 0.05) is 17.7 Å². The van der Waals surface area contributed by atoms with Crippen molar-refractivity contribution in [2.24, 2.45) is 0 Å². The summed E-state index contributed by atoms with van der Waals surface area (Å²) < 4.78 is 143. The molecule has 0 radical (unpaired) electrons. The Morgan fingerprint density at radius 3 is 1.56 bits per heavy atom. The molecule has 4 rings (SSSR count). The second-order valence-corrected chi connectivity index (χ2v) is 8.78. The van der Waals surface area contributed by atoms with E-state index < -0.39 is 69.4 Å².